The lowest BCUT2D eigenvalue weighted by molar-refractivity contribution is -0.121. The van der Waals surface area contributed by atoms with E-state index < -0.39 is 0 Å². The Hall–Kier alpha value is -1.20. The fraction of sp³-hybridized carbons (Fsp3) is 0.500. The summed E-state index contributed by atoms with van der Waals surface area (Å²) in [5.74, 6) is -0.245. The topological polar surface area (TPSA) is 72.1 Å². The van der Waals surface area contributed by atoms with Crippen LogP contribution >= 0.6 is 11.6 Å². The van der Waals surface area contributed by atoms with Crippen LogP contribution in [0.4, 0.5) is 0 Å². The van der Waals surface area contributed by atoms with E-state index >= 15 is 0 Å². The number of amides is 1. The lowest BCUT2D eigenvalue weighted by Gasteiger charge is -2.13. The van der Waals surface area contributed by atoms with Gasteiger partial charge in [0.2, 0.25) is 5.91 Å². The average molecular weight is 241 g/mol. The van der Waals surface area contributed by atoms with Gasteiger partial charge in [-0.3, -0.25) is 9.69 Å². The Kier molecular flexibility index (Phi) is 3.36. The first-order chi connectivity index (χ1) is 7.65. The normalized spacial score (nSPS) is 21.2. The third-order valence-corrected chi connectivity index (χ3v) is 2.95. The summed E-state index contributed by atoms with van der Waals surface area (Å²) in [5.41, 5.74) is 6.12. The first-order valence-corrected chi connectivity index (χ1v) is 5.53. The van der Waals surface area contributed by atoms with Crippen LogP contribution in [0.1, 0.15) is 12.1 Å². The van der Waals surface area contributed by atoms with Crippen LogP contribution in [0.5, 0.6) is 0 Å². The lowest BCUT2D eigenvalue weighted by Crippen LogP contribution is -2.27. The SMILES string of the molecule is NC(=O)C1CCN(Cc2ccc(Cl)nn2)C1. The second-order valence-electron chi connectivity index (χ2n) is 3.97. The molecule has 2 heterocycles. The van der Waals surface area contributed by atoms with Gasteiger partial charge in [0.05, 0.1) is 11.6 Å². The van der Waals surface area contributed by atoms with Crippen molar-refractivity contribution in [1.29, 1.82) is 0 Å². The Balaban J connectivity index is 1.92. The van der Waals surface area contributed by atoms with Crippen molar-refractivity contribution in [3.8, 4) is 0 Å². The van der Waals surface area contributed by atoms with Crippen LogP contribution in [-0.4, -0.2) is 34.1 Å². The number of nitrogens with two attached hydrogens (primary N) is 1. The molecule has 0 aliphatic carbocycles. The predicted molar refractivity (Wildman–Crippen MR) is 59.6 cm³/mol. The molecule has 1 aliphatic rings. The molecule has 1 unspecified atom stereocenters. The fourth-order valence-corrected chi connectivity index (χ4v) is 1.97. The molecular weight excluding hydrogens is 228 g/mol. The minimum absolute atomic E-state index is 0.0275. The number of carbonyl (C=O) groups is 1. The molecule has 1 fully saturated rings. The lowest BCUT2D eigenvalue weighted by atomic mass is 10.1. The van der Waals surface area contributed by atoms with E-state index in [4.69, 9.17) is 17.3 Å². The monoisotopic (exact) mass is 240 g/mol. The predicted octanol–water partition coefficient (Wildman–Crippen LogP) is 0.437. The van der Waals surface area contributed by atoms with Crippen LogP contribution < -0.4 is 5.73 Å². The summed E-state index contributed by atoms with van der Waals surface area (Å²) in [7, 11) is 0. The molecule has 0 spiro atoms. The van der Waals surface area contributed by atoms with Gasteiger partial charge >= 0.3 is 0 Å². The summed E-state index contributed by atoms with van der Waals surface area (Å²) in [4.78, 5) is 13.1. The Morgan fingerprint density at radius 3 is 2.94 bits per heavy atom. The van der Waals surface area contributed by atoms with Gasteiger partial charge < -0.3 is 5.73 Å². The highest BCUT2D eigenvalue weighted by Gasteiger charge is 2.26. The van der Waals surface area contributed by atoms with Gasteiger partial charge in [-0.05, 0) is 25.1 Å². The summed E-state index contributed by atoms with van der Waals surface area (Å²) in [6.45, 7) is 2.27. The van der Waals surface area contributed by atoms with Gasteiger partial charge in [-0.25, -0.2) is 0 Å². The van der Waals surface area contributed by atoms with Crippen LogP contribution in [0.3, 0.4) is 0 Å². The van der Waals surface area contributed by atoms with Gasteiger partial charge in [0.15, 0.2) is 5.15 Å². The molecule has 2 N–H and O–H groups in total. The highest BCUT2D eigenvalue weighted by Crippen LogP contribution is 2.17. The van der Waals surface area contributed by atoms with Crippen molar-refractivity contribution in [2.75, 3.05) is 13.1 Å². The summed E-state index contributed by atoms with van der Waals surface area (Å²) >= 11 is 5.64. The minimum Gasteiger partial charge on any atom is -0.369 e. The molecule has 1 saturated heterocycles. The van der Waals surface area contributed by atoms with Crippen molar-refractivity contribution < 1.29 is 4.79 Å². The standard InChI is InChI=1S/C10H13ClN4O/c11-9-2-1-8(13-14-9)6-15-4-3-7(5-15)10(12)16/h1-2,7H,3-6H2,(H2,12,16). The first-order valence-electron chi connectivity index (χ1n) is 5.15. The third kappa shape index (κ3) is 2.68. The zero-order valence-corrected chi connectivity index (χ0v) is 9.52. The first kappa shape index (κ1) is 11.3. The van der Waals surface area contributed by atoms with E-state index in [-0.39, 0.29) is 11.8 Å². The molecule has 1 atom stereocenters. The van der Waals surface area contributed by atoms with Crippen LogP contribution in [-0.2, 0) is 11.3 Å². The third-order valence-electron chi connectivity index (χ3n) is 2.75. The van der Waals surface area contributed by atoms with E-state index in [1.807, 2.05) is 6.07 Å². The number of carbonyl (C=O) groups excluding carboxylic acids is 1. The molecule has 1 aromatic heterocycles. The van der Waals surface area contributed by atoms with E-state index in [1.54, 1.807) is 6.07 Å². The molecule has 2 rings (SSSR count). The molecular formula is C10H13ClN4O. The number of aromatic nitrogens is 2. The quantitative estimate of drug-likeness (QED) is 0.832. The Labute approximate surface area is 98.6 Å². The molecule has 6 heteroatoms. The minimum atomic E-state index is -0.218. The highest BCUT2D eigenvalue weighted by molar-refractivity contribution is 6.29. The van der Waals surface area contributed by atoms with E-state index in [0.29, 0.717) is 18.2 Å². The van der Waals surface area contributed by atoms with Gasteiger partial charge in [-0.15, -0.1) is 5.10 Å². The van der Waals surface area contributed by atoms with E-state index in [9.17, 15) is 4.79 Å². The van der Waals surface area contributed by atoms with Crippen molar-refractivity contribution >= 4 is 17.5 Å². The molecule has 1 aliphatic heterocycles. The van der Waals surface area contributed by atoms with Gasteiger partial charge in [-0.1, -0.05) is 11.6 Å². The van der Waals surface area contributed by atoms with Gasteiger partial charge in [0.1, 0.15) is 0 Å². The van der Waals surface area contributed by atoms with Crippen LogP contribution in [0.2, 0.25) is 5.15 Å². The number of primary amides is 1. The smallest absolute Gasteiger partial charge is 0.221 e. The maximum atomic E-state index is 11.0. The van der Waals surface area contributed by atoms with Crippen molar-refractivity contribution in [3.05, 3.63) is 23.0 Å². The zero-order valence-electron chi connectivity index (χ0n) is 8.77. The second-order valence-corrected chi connectivity index (χ2v) is 4.36. The number of nitrogens with zero attached hydrogens (tertiary/aromatic N) is 3. The molecule has 0 bridgehead atoms. The van der Waals surface area contributed by atoms with Gasteiger partial charge in [0, 0.05) is 13.1 Å². The molecule has 0 saturated carbocycles. The number of halogens is 1. The molecule has 86 valence electrons. The van der Waals surface area contributed by atoms with Crippen LogP contribution in [0, 0.1) is 5.92 Å². The van der Waals surface area contributed by atoms with Crippen molar-refractivity contribution in [1.82, 2.24) is 15.1 Å². The highest BCUT2D eigenvalue weighted by atomic mass is 35.5. The fourth-order valence-electron chi connectivity index (χ4n) is 1.87. The van der Waals surface area contributed by atoms with E-state index in [1.165, 1.54) is 0 Å². The Bertz CT molecular complexity index is 381. The second kappa shape index (κ2) is 4.76. The molecule has 5 nitrogen and oxygen atoms in total. The van der Waals surface area contributed by atoms with Crippen LogP contribution in [0.25, 0.3) is 0 Å². The maximum Gasteiger partial charge on any atom is 0.221 e. The molecule has 0 radical (unpaired) electrons. The van der Waals surface area contributed by atoms with Crippen LogP contribution in [0.15, 0.2) is 12.1 Å². The molecule has 1 aromatic rings. The molecule has 0 aromatic carbocycles. The summed E-state index contributed by atoms with van der Waals surface area (Å²) < 4.78 is 0. The van der Waals surface area contributed by atoms with E-state index in [0.717, 1.165) is 18.7 Å². The summed E-state index contributed by atoms with van der Waals surface area (Å²) in [5, 5.41) is 8.13. The number of rotatable bonds is 3. The van der Waals surface area contributed by atoms with Gasteiger partial charge in [-0.2, -0.15) is 5.10 Å². The number of hydrogen-bond acceptors (Lipinski definition) is 4. The molecule has 16 heavy (non-hydrogen) atoms. The summed E-state index contributed by atoms with van der Waals surface area (Å²) in [6, 6.07) is 3.55. The summed E-state index contributed by atoms with van der Waals surface area (Å²) in [6.07, 6.45) is 0.830. The number of hydrogen-bond donors (Lipinski definition) is 1. The Morgan fingerprint density at radius 1 is 1.56 bits per heavy atom. The number of likely N-dealkylation sites (tertiary alicyclic amines) is 1. The van der Waals surface area contributed by atoms with E-state index in [2.05, 4.69) is 15.1 Å². The largest absolute Gasteiger partial charge is 0.369 e. The van der Waals surface area contributed by atoms with Crippen molar-refractivity contribution in [2.24, 2.45) is 11.7 Å². The zero-order chi connectivity index (χ0) is 11.5. The van der Waals surface area contributed by atoms with Crippen molar-refractivity contribution in [2.45, 2.75) is 13.0 Å². The average Bonchev–Trinajstić information content (AvgIpc) is 2.70. The molecule has 1 amide bonds. The maximum absolute atomic E-state index is 11.0. The van der Waals surface area contributed by atoms with Gasteiger partial charge in [0.25, 0.3) is 0 Å². The van der Waals surface area contributed by atoms with Crippen molar-refractivity contribution in [3.63, 3.8) is 0 Å². The Morgan fingerprint density at radius 2 is 2.38 bits per heavy atom.